The van der Waals surface area contributed by atoms with Crippen molar-refractivity contribution in [3.05, 3.63) is 58.3 Å². The third kappa shape index (κ3) is 4.24. The Bertz CT molecular complexity index is 796. The number of hydrogen-bond acceptors (Lipinski definition) is 4. The number of likely N-dealkylation sites (tertiary alicyclic amines) is 1. The van der Waals surface area contributed by atoms with E-state index in [9.17, 15) is 9.59 Å². The molecule has 1 aliphatic rings. The second-order valence-corrected chi connectivity index (χ2v) is 6.95. The van der Waals surface area contributed by atoms with Gasteiger partial charge in [-0.25, -0.2) is 0 Å². The van der Waals surface area contributed by atoms with Gasteiger partial charge in [-0.2, -0.15) is 0 Å². The molecule has 1 aromatic heterocycles. The third-order valence-electron chi connectivity index (χ3n) is 4.30. The van der Waals surface area contributed by atoms with Crippen LogP contribution in [-0.4, -0.2) is 34.3 Å². The minimum atomic E-state index is -0.292. The number of primary amides is 1. The summed E-state index contributed by atoms with van der Waals surface area (Å²) in [7, 11) is 0. The molecule has 0 spiro atoms. The number of carbonyl (C=O) groups excluding carboxylic acids is 2. The summed E-state index contributed by atoms with van der Waals surface area (Å²) in [5.74, 6) is -0.520. The van der Waals surface area contributed by atoms with Crippen LogP contribution in [0.4, 0.5) is 5.69 Å². The molecule has 2 aromatic rings. The summed E-state index contributed by atoms with van der Waals surface area (Å²) >= 11 is 3.32. The standard InChI is InChI=1S/C18H19BrN4O2/c19-14-8-13(9-21-10-14)18(25)22-15-5-2-1-4-12(15)11-23-7-3-6-16(23)17(20)24/h1-2,4-5,8-10,16H,3,6-7,11H2,(H2,20,24)(H,22,25). The minimum Gasteiger partial charge on any atom is -0.368 e. The predicted octanol–water partition coefficient (Wildman–Crippen LogP) is 2.55. The Morgan fingerprint density at radius 2 is 2.12 bits per heavy atom. The van der Waals surface area contributed by atoms with Crippen LogP contribution < -0.4 is 11.1 Å². The third-order valence-corrected chi connectivity index (χ3v) is 4.73. The highest BCUT2D eigenvalue weighted by molar-refractivity contribution is 9.10. The molecule has 7 heteroatoms. The van der Waals surface area contributed by atoms with Gasteiger partial charge in [-0.1, -0.05) is 18.2 Å². The van der Waals surface area contributed by atoms with Crippen LogP contribution in [-0.2, 0) is 11.3 Å². The first-order valence-corrected chi connectivity index (χ1v) is 8.87. The van der Waals surface area contributed by atoms with Gasteiger partial charge in [0.05, 0.1) is 11.6 Å². The van der Waals surface area contributed by atoms with E-state index in [1.54, 1.807) is 12.3 Å². The molecule has 2 heterocycles. The fraction of sp³-hybridized carbons (Fsp3) is 0.278. The van der Waals surface area contributed by atoms with Crippen LogP contribution in [0.3, 0.4) is 0 Å². The molecule has 1 aromatic carbocycles. The predicted molar refractivity (Wildman–Crippen MR) is 99.0 cm³/mol. The number of rotatable bonds is 5. The highest BCUT2D eigenvalue weighted by Gasteiger charge is 2.29. The number of halogens is 1. The number of para-hydroxylation sites is 1. The summed E-state index contributed by atoms with van der Waals surface area (Å²) in [4.78, 5) is 30.1. The highest BCUT2D eigenvalue weighted by Crippen LogP contribution is 2.24. The van der Waals surface area contributed by atoms with Crippen molar-refractivity contribution >= 4 is 33.4 Å². The van der Waals surface area contributed by atoms with Gasteiger partial charge in [0.15, 0.2) is 0 Å². The van der Waals surface area contributed by atoms with Gasteiger partial charge in [0.1, 0.15) is 0 Å². The lowest BCUT2D eigenvalue weighted by Gasteiger charge is -2.23. The molecule has 1 fully saturated rings. The summed E-state index contributed by atoms with van der Waals surface area (Å²) in [5.41, 5.74) is 7.64. The number of amides is 2. The summed E-state index contributed by atoms with van der Waals surface area (Å²) in [6.07, 6.45) is 4.88. The Labute approximate surface area is 154 Å². The fourth-order valence-corrected chi connectivity index (χ4v) is 3.43. The SMILES string of the molecule is NC(=O)C1CCCN1Cc1ccccc1NC(=O)c1cncc(Br)c1. The van der Waals surface area contributed by atoms with Gasteiger partial charge in [-0.05, 0) is 53.0 Å². The molecule has 0 aliphatic carbocycles. The summed E-state index contributed by atoms with van der Waals surface area (Å²) in [5, 5.41) is 2.93. The van der Waals surface area contributed by atoms with Crippen molar-refractivity contribution in [2.45, 2.75) is 25.4 Å². The summed E-state index contributed by atoms with van der Waals surface area (Å²) in [6, 6.07) is 9.07. The zero-order valence-corrected chi connectivity index (χ0v) is 15.2. The average Bonchev–Trinajstić information content (AvgIpc) is 3.05. The van der Waals surface area contributed by atoms with Gasteiger partial charge in [-0.15, -0.1) is 0 Å². The molecule has 3 N–H and O–H groups in total. The second kappa shape index (κ2) is 7.76. The molecule has 1 atom stereocenters. The van der Waals surface area contributed by atoms with Crippen molar-refractivity contribution in [3.8, 4) is 0 Å². The molecule has 1 saturated heterocycles. The van der Waals surface area contributed by atoms with E-state index in [4.69, 9.17) is 5.73 Å². The van der Waals surface area contributed by atoms with E-state index in [1.807, 2.05) is 24.3 Å². The summed E-state index contributed by atoms with van der Waals surface area (Å²) < 4.78 is 0.745. The fourth-order valence-electron chi connectivity index (χ4n) is 3.07. The molecule has 2 amide bonds. The van der Waals surface area contributed by atoms with Crippen LogP contribution in [0.2, 0.25) is 0 Å². The first kappa shape index (κ1) is 17.6. The lowest BCUT2D eigenvalue weighted by Crippen LogP contribution is -2.39. The Hall–Kier alpha value is -2.25. The molecule has 0 bridgehead atoms. The monoisotopic (exact) mass is 402 g/mol. The topological polar surface area (TPSA) is 88.3 Å². The van der Waals surface area contributed by atoms with Crippen molar-refractivity contribution in [1.29, 1.82) is 0 Å². The largest absolute Gasteiger partial charge is 0.368 e. The molecule has 0 saturated carbocycles. The maximum absolute atomic E-state index is 12.5. The van der Waals surface area contributed by atoms with Crippen LogP contribution in [0.1, 0.15) is 28.8 Å². The van der Waals surface area contributed by atoms with Crippen molar-refractivity contribution in [3.63, 3.8) is 0 Å². The van der Waals surface area contributed by atoms with Crippen molar-refractivity contribution in [2.24, 2.45) is 5.73 Å². The minimum absolute atomic E-state index is 0.228. The molecular formula is C18H19BrN4O2. The Morgan fingerprint density at radius 1 is 1.32 bits per heavy atom. The number of carbonyl (C=O) groups is 2. The normalized spacial score (nSPS) is 17.4. The number of nitrogens with one attached hydrogen (secondary N) is 1. The number of benzene rings is 1. The van der Waals surface area contributed by atoms with E-state index >= 15 is 0 Å². The first-order valence-electron chi connectivity index (χ1n) is 8.08. The second-order valence-electron chi connectivity index (χ2n) is 6.03. The number of aromatic nitrogens is 1. The molecule has 0 radical (unpaired) electrons. The van der Waals surface area contributed by atoms with Gasteiger partial charge in [-0.3, -0.25) is 19.5 Å². The Morgan fingerprint density at radius 3 is 2.88 bits per heavy atom. The van der Waals surface area contributed by atoms with E-state index in [2.05, 4.69) is 31.1 Å². The van der Waals surface area contributed by atoms with Crippen molar-refractivity contribution in [1.82, 2.24) is 9.88 Å². The maximum atomic E-state index is 12.5. The number of hydrogen-bond donors (Lipinski definition) is 2. The zero-order chi connectivity index (χ0) is 17.8. The number of nitrogens with two attached hydrogens (primary N) is 1. The van der Waals surface area contributed by atoms with Crippen LogP contribution in [0.25, 0.3) is 0 Å². The Balaban J connectivity index is 1.77. The van der Waals surface area contributed by atoms with Gasteiger partial charge in [0.25, 0.3) is 5.91 Å². The smallest absolute Gasteiger partial charge is 0.257 e. The van der Waals surface area contributed by atoms with Crippen LogP contribution in [0, 0.1) is 0 Å². The van der Waals surface area contributed by atoms with E-state index in [0.717, 1.165) is 35.1 Å². The number of pyridine rings is 1. The van der Waals surface area contributed by atoms with Crippen LogP contribution >= 0.6 is 15.9 Å². The molecule has 1 aliphatic heterocycles. The quantitative estimate of drug-likeness (QED) is 0.803. The number of anilines is 1. The van der Waals surface area contributed by atoms with E-state index < -0.39 is 0 Å². The van der Waals surface area contributed by atoms with Crippen LogP contribution in [0.15, 0.2) is 47.2 Å². The van der Waals surface area contributed by atoms with E-state index in [1.165, 1.54) is 6.20 Å². The summed E-state index contributed by atoms with van der Waals surface area (Å²) in [6.45, 7) is 1.40. The first-order chi connectivity index (χ1) is 12.0. The Kier molecular flexibility index (Phi) is 5.45. The average molecular weight is 403 g/mol. The van der Waals surface area contributed by atoms with Crippen molar-refractivity contribution < 1.29 is 9.59 Å². The number of nitrogens with zero attached hydrogens (tertiary/aromatic N) is 2. The van der Waals surface area contributed by atoms with E-state index in [0.29, 0.717) is 12.1 Å². The van der Waals surface area contributed by atoms with Gasteiger partial charge in [0.2, 0.25) is 5.91 Å². The molecule has 3 rings (SSSR count). The molecule has 6 nitrogen and oxygen atoms in total. The van der Waals surface area contributed by atoms with Crippen LogP contribution in [0.5, 0.6) is 0 Å². The molecule has 1 unspecified atom stereocenters. The molecular weight excluding hydrogens is 384 g/mol. The lowest BCUT2D eigenvalue weighted by molar-refractivity contribution is -0.122. The van der Waals surface area contributed by atoms with Gasteiger partial charge in [0, 0.05) is 29.1 Å². The van der Waals surface area contributed by atoms with Gasteiger partial charge < -0.3 is 11.1 Å². The molecule has 25 heavy (non-hydrogen) atoms. The zero-order valence-electron chi connectivity index (χ0n) is 13.6. The lowest BCUT2D eigenvalue weighted by atomic mass is 10.1. The van der Waals surface area contributed by atoms with Gasteiger partial charge >= 0.3 is 0 Å². The highest BCUT2D eigenvalue weighted by atomic mass is 79.9. The van der Waals surface area contributed by atoms with E-state index in [-0.39, 0.29) is 17.9 Å². The maximum Gasteiger partial charge on any atom is 0.257 e. The molecule has 130 valence electrons. The van der Waals surface area contributed by atoms with Crippen molar-refractivity contribution in [2.75, 3.05) is 11.9 Å².